The first-order valence-electron chi connectivity index (χ1n) is 12.0. The molecule has 0 bridgehead atoms. The Morgan fingerprint density at radius 2 is 1.14 bits per heavy atom. The zero-order valence-corrected chi connectivity index (χ0v) is 19.3. The molecular formula is C33H22N2. The Morgan fingerprint density at radius 3 is 2.00 bits per heavy atom. The van der Waals surface area contributed by atoms with E-state index in [1.807, 2.05) is 6.07 Å². The first-order valence-corrected chi connectivity index (χ1v) is 12.0. The summed E-state index contributed by atoms with van der Waals surface area (Å²) in [6.45, 7) is 2.14. The van der Waals surface area contributed by atoms with Gasteiger partial charge in [-0.2, -0.15) is 0 Å². The molecule has 8 aromatic carbocycles. The van der Waals surface area contributed by atoms with Gasteiger partial charge in [0.15, 0.2) is 0 Å². The minimum atomic E-state index is 0.794. The normalized spacial score (nSPS) is 12.4. The maximum Gasteiger partial charge on any atom is 0.0326 e. The van der Waals surface area contributed by atoms with Crippen LogP contribution in [0.2, 0.25) is 0 Å². The van der Waals surface area contributed by atoms with Crippen LogP contribution < -0.4 is 11.5 Å². The highest BCUT2D eigenvalue weighted by atomic mass is 14.5. The van der Waals surface area contributed by atoms with Crippen LogP contribution in [0.3, 0.4) is 0 Å². The second-order valence-corrected chi connectivity index (χ2v) is 9.87. The molecular weight excluding hydrogens is 424 g/mol. The summed E-state index contributed by atoms with van der Waals surface area (Å²) in [5.41, 5.74) is 18.1. The van der Waals surface area contributed by atoms with Gasteiger partial charge in [0.2, 0.25) is 0 Å². The van der Waals surface area contributed by atoms with Crippen molar-refractivity contribution in [3.8, 4) is 11.1 Å². The highest BCUT2D eigenvalue weighted by Crippen LogP contribution is 2.53. The molecule has 0 fully saturated rings. The van der Waals surface area contributed by atoms with E-state index in [1.54, 1.807) is 0 Å². The molecule has 0 spiro atoms. The predicted octanol–water partition coefficient (Wildman–Crippen LogP) is 8.62. The second kappa shape index (κ2) is 6.31. The molecule has 8 rings (SSSR count). The lowest BCUT2D eigenvalue weighted by atomic mass is 9.90. The first kappa shape index (κ1) is 18.8. The molecule has 0 atom stereocenters. The first-order chi connectivity index (χ1) is 17.1. The third-order valence-corrected chi connectivity index (χ3v) is 7.82. The SMILES string of the molecule is Cc1ccc(-c2c3cccc4c5cc(N)ccc5c(c34)c3c4cccc5cc(N)cc(c23)c54)cc1. The Kier molecular flexibility index (Phi) is 3.39. The Hall–Kier alpha value is -4.56. The number of aryl methyl sites for hydroxylation is 1. The van der Waals surface area contributed by atoms with Crippen molar-refractivity contribution in [3.05, 3.63) is 96.6 Å². The Morgan fingerprint density at radius 1 is 0.457 bits per heavy atom. The van der Waals surface area contributed by atoms with E-state index in [-0.39, 0.29) is 0 Å². The lowest BCUT2D eigenvalue weighted by molar-refractivity contribution is 1.48. The van der Waals surface area contributed by atoms with Crippen LogP contribution in [0.25, 0.3) is 75.8 Å². The number of anilines is 2. The summed E-state index contributed by atoms with van der Waals surface area (Å²) < 4.78 is 0. The maximum atomic E-state index is 6.46. The number of benzene rings is 6. The lowest BCUT2D eigenvalue weighted by Crippen LogP contribution is -1.86. The number of nitrogen functional groups attached to an aromatic ring is 2. The fourth-order valence-corrected chi connectivity index (χ4v) is 6.45. The molecule has 0 heterocycles. The summed E-state index contributed by atoms with van der Waals surface area (Å²) in [5.74, 6) is 0. The molecule has 164 valence electrons. The van der Waals surface area contributed by atoms with Crippen LogP contribution in [0.1, 0.15) is 5.56 Å². The van der Waals surface area contributed by atoms with Gasteiger partial charge < -0.3 is 11.5 Å². The Bertz CT molecular complexity index is 2120. The maximum absolute atomic E-state index is 6.46. The molecule has 4 N–H and O–H groups in total. The van der Waals surface area contributed by atoms with E-state index in [1.165, 1.54) is 81.3 Å². The van der Waals surface area contributed by atoms with E-state index in [0.717, 1.165) is 11.4 Å². The van der Waals surface area contributed by atoms with Gasteiger partial charge in [-0.25, -0.2) is 0 Å². The van der Waals surface area contributed by atoms with E-state index in [9.17, 15) is 0 Å². The van der Waals surface area contributed by atoms with Gasteiger partial charge in [-0.3, -0.25) is 0 Å². The molecule has 0 aromatic heterocycles. The number of rotatable bonds is 1. The predicted molar refractivity (Wildman–Crippen MR) is 153 cm³/mol. The fourth-order valence-electron chi connectivity index (χ4n) is 6.45. The quantitative estimate of drug-likeness (QED) is 0.248. The van der Waals surface area contributed by atoms with Gasteiger partial charge in [0.05, 0.1) is 0 Å². The summed E-state index contributed by atoms with van der Waals surface area (Å²) >= 11 is 0. The van der Waals surface area contributed by atoms with Gasteiger partial charge >= 0.3 is 0 Å². The van der Waals surface area contributed by atoms with Crippen LogP contribution in [0.5, 0.6) is 0 Å². The zero-order chi connectivity index (χ0) is 23.4. The summed E-state index contributed by atoms with van der Waals surface area (Å²) in [5, 5.41) is 15.3. The summed E-state index contributed by atoms with van der Waals surface area (Å²) in [7, 11) is 0. The van der Waals surface area contributed by atoms with Gasteiger partial charge in [-0.15, -0.1) is 0 Å². The average molecular weight is 447 g/mol. The second-order valence-electron chi connectivity index (χ2n) is 9.87. The van der Waals surface area contributed by atoms with Crippen molar-refractivity contribution in [2.45, 2.75) is 6.92 Å². The third-order valence-electron chi connectivity index (χ3n) is 7.82. The summed E-state index contributed by atoms with van der Waals surface area (Å²) in [6.07, 6.45) is 0. The van der Waals surface area contributed by atoms with Crippen LogP contribution in [0.4, 0.5) is 11.4 Å². The molecule has 0 amide bonds. The Labute approximate surface area is 202 Å². The molecule has 8 aromatic rings. The van der Waals surface area contributed by atoms with Gasteiger partial charge in [0.1, 0.15) is 0 Å². The van der Waals surface area contributed by atoms with Crippen LogP contribution >= 0.6 is 0 Å². The summed E-state index contributed by atoms with van der Waals surface area (Å²) in [6, 6.07) is 32.8. The van der Waals surface area contributed by atoms with Crippen molar-refractivity contribution in [3.63, 3.8) is 0 Å². The molecule has 0 unspecified atom stereocenters. The minimum absolute atomic E-state index is 0.794. The number of hydrogen-bond acceptors (Lipinski definition) is 2. The average Bonchev–Trinajstić information content (AvgIpc) is 3.35. The molecule has 0 aliphatic carbocycles. The van der Waals surface area contributed by atoms with E-state index in [2.05, 4.69) is 91.9 Å². The largest absolute Gasteiger partial charge is 0.399 e. The van der Waals surface area contributed by atoms with Crippen molar-refractivity contribution in [2.24, 2.45) is 0 Å². The molecule has 0 saturated carbocycles. The topological polar surface area (TPSA) is 52.0 Å². The molecule has 0 saturated heterocycles. The van der Waals surface area contributed by atoms with Gasteiger partial charge in [-0.05, 0) is 107 Å². The van der Waals surface area contributed by atoms with Crippen molar-refractivity contribution in [2.75, 3.05) is 11.5 Å². The monoisotopic (exact) mass is 446 g/mol. The molecule has 35 heavy (non-hydrogen) atoms. The van der Waals surface area contributed by atoms with Crippen molar-refractivity contribution in [1.82, 2.24) is 0 Å². The van der Waals surface area contributed by atoms with E-state index >= 15 is 0 Å². The van der Waals surface area contributed by atoms with Crippen LogP contribution in [0, 0.1) is 6.92 Å². The molecule has 2 nitrogen and oxygen atoms in total. The van der Waals surface area contributed by atoms with E-state index in [0.29, 0.717) is 0 Å². The number of hydrogen-bond donors (Lipinski definition) is 2. The lowest BCUT2D eigenvalue weighted by Gasteiger charge is -2.13. The molecule has 0 aliphatic heterocycles. The number of fused-ring (bicyclic) bond motifs is 7. The highest BCUT2D eigenvalue weighted by Gasteiger charge is 2.24. The van der Waals surface area contributed by atoms with Gasteiger partial charge in [0, 0.05) is 11.4 Å². The smallest absolute Gasteiger partial charge is 0.0326 e. The number of nitrogens with two attached hydrogens (primary N) is 2. The van der Waals surface area contributed by atoms with Gasteiger partial charge in [-0.1, -0.05) is 72.3 Å². The van der Waals surface area contributed by atoms with Crippen LogP contribution in [-0.2, 0) is 0 Å². The van der Waals surface area contributed by atoms with Crippen molar-refractivity contribution < 1.29 is 0 Å². The Balaban J connectivity index is 1.80. The van der Waals surface area contributed by atoms with Crippen LogP contribution in [0.15, 0.2) is 91.0 Å². The fraction of sp³-hybridized carbons (Fsp3) is 0.0303. The molecule has 2 heteroatoms. The highest BCUT2D eigenvalue weighted by molar-refractivity contribution is 6.48. The van der Waals surface area contributed by atoms with Crippen molar-refractivity contribution in [1.29, 1.82) is 0 Å². The van der Waals surface area contributed by atoms with Crippen molar-refractivity contribution >= 4 is 76.0 Å². The molecule has 0 aliphatic rings. The zero-order valence-electron chi connectivity index (χ0n) is 19.3. The van der Waals surface area contributed by atoms with E-state index < -0.39 is 0 Å². The van der Waals surface area contributed by atoms with E-state index in [4.69, 9.17) is 11.5 Å². The minimum Gasteiger partial charge on any atom is -0.399 e. The van der Waals surface area contributed by atoms with Crippen LogP contribution in [-0.4, -0.2) is 0 Å². The summed E-state index contributed by atoms with van der Waals surface area (Å²) in [4.78, 5) is 0. The standard InChI is InChI=1S/C33H22N2/c1-17-8-10-18(11-9-17)29-25-7-3-5-22-26-15-20(34)12-13-23(26)31(30(22)25)32-24-6-2-4-19-14-21(35)16-27(28(19)24)33(29)32/h2-16H,34-35H2,1H3. The third kappa shape index (κ3) is 2.29. The molecule has 0 radical (unpaired) electrons. The van der Waals surface area contributed by atoms with Gasteiger partial charge in [0.25, 0.3) is 0 Å².